The lowest BCUT2D eigenvalue weighted by molar-refractivity contribution is -0.683. The molecule has 0 aliphatic heterocycles. The summed E-state index contributed by atoms with van der Waals surface area (Å²) in [6.45, 7) is 0.322. The van der Waals surface area contributed by atoms with Crippen LogP contribution in [-0.4, -0.2) is 11.9 Å². The van der Waals surface area contributed by atoms with E-state index in [2.05, 4.69) is 12.6 Å². The molecule has 0 N–H and O–H groups in total. The maximum absolute atomic E-state index is 15.4. The molecule has 6 aromatic carbocycles. The molecule has 0 unspecified atom stereocenters. The predicted octanol–water partition coefficient (Wildman–Crippen LogP) is 9.14. The molecule has 2 nitrogen and oxygen atoms in total. The minimum atomic E-state index is -7.22. The van der Waals surface area contributed by atoms with Crippen LogP contribution in [0.5, 0.6) is 0 Å². The number of carbonyl (C=O) groups is 1. The third kappa shape index (κ3) is 7.59. The van der Waals surface area contributed by atoms with E-state index in [1.165, 1.54) is 0 Å². The van der Waals surface area contributed by atoms with Gasteiger partial charge in [0, 0.05) is 16.3 Å². The lowest BCUT2D eigenvalue weighted by Gasteiger charge is -2.44. The Kier molecular flexibility index (Phi) is 13.1. The number of pyridine rings is 1. The number of benzene rings is 6. The van der Waals surface area contributed by atoms with E-state index in [1.807, 2.05) is 71.6 Å². The summed E-state index contributed by atoms with van der Waals surface area (Å²) in [6, 6.07) is 17.4. The molecule has 0 saturated heterocycles. The topological polar surface area (TPSA) is 20.9 Å². The number of thiol groups is 1. The van der Waals surface area contributed by atoms with Crippen molar-refractivity contribution in [2.24, 2.45) is 0 Å². The molecule has 7 rings (SSSR count). The summed E-state index contributed by atoms with van der Waals surface area (Å²) in [6.07, 6.45) is -3.34. The predicted molar refractivity (Wildman–Crippen MR) is 191 cm³/mol. The fourth-order valence-electron chi connectivity index (χ4n) is 7.13. The number of aromatic nitrogens is 1. The summed E-state index contributed by atoms with van der Waals surface area (Å²) >= 11 is 4.50. The van der Waals surface area contributed by atoms with Crippen LogP contribution in [0.25, 0.3) is 10.8 Å². The van der Waals surface area contributed by atoms with Gasteiger partial charge >= 0.3 is 0 Å². The molecule has 0 amide bonds. The SMILES string of the molecule is Fc1c(F)c(F)c([B-](c2c(F)c(F)c(F)c(F)c2F)(c2c(F)c(F)c(F)c(F)c2F)c2c(F)c(F)c(F)c(F)c2F)c(F)c1F.O=C(C[n+]1cc(S)c2ccccc2c1)c1ccccc1. The van der Waals surface area contributed by atoms with Crippen molar-refractivity contribution < 1.29 is 97.2 Å². The number of nitrogens with zero attached hydrogens (tertiary/aromatic N) is 1. The monoisotopic (exact) mass is 959 g/mol. The number of hydrogen-bond acceptors (Lipinski definition) is 2. The van der Waals surface area contributed by atoms with Gasteiger partial charge in [-0.3, -0.25) is 4.79 Å². The third-order valence-corrected chi connectivity index (χ3v) is 10.3. The quantitative estimate of drug-likeness (QED) is 0.0322. The molecule has 338 valence electrons. The van der Waals surface area contributed by atoms with Crippen LogP contribution in [0.4, 0.5) is 87.8 Å². The van der Waals surface area contributed by atoms with Crippen LogP contribution in [0.1, 0.15) is 10.4 Å². The average Bonchev–Trinajstić information content (AvgIpc) is 3.29. The van der Waals surface area contributed by atoms with Gasteiger partial charge in [-0.2, -0.15) is 4.57 Å². The van der Waals surface area contributed by atoms with E-state index in [1.54, 1.807) is 0 Å². The standard InChI is InChI=1S/C24BF20.C17H13NOS/c26-5-1(6(27)14(35)21(42)13(5)34)25(2-7(28)15(36)22(43)16(37)8(2)29,3-9(30)17(38)23(44)18(39)10(3)31)4-11(32)19(40)24(45)20(41)12(4)33;19-16(13-6-2-1-3-7-13)11-18-10-14-8-4-5-9-15(14)17(20)12-18/h;1-10,12H,11H2/q-1;/p+1. The first-order valence-corrected chi connectivity index (χ1v) is 17.8. The molecule has 0 radical (unpaired) electrons. The molecule has 0 atom stereocenters. The first kappa shape index (κ1) is 47.9. The van der Waals surface area contributed by atoms with E-state index in [4.69, 9.17) is 0 Å². The van der Waals surface area contributed by atoms with Gasteiger partial charge in [0.05, 0.1) is 4.90 Å². The van der Waals surface area contributed by atoms with Crippen LogP contribution in [0, 0.1) is 116 Å². The third-order valence-electron chi connectivity index (χ3n) is 9.96. The van der Waals surface area contributed by atoms with E-state index in [-0.39, 0.29) is 5.78 Å². The zero-order valence-electron chi connectivity index (χ0n) is 31.0. The highest BCUT2D eigenvalue weighted by Gasteiger charge is 2.52. The van der Waals surface area contributed by atoms with Crippen molar-refractivity contribution in [1.82, 2.24) is 0 Å². The summed E-state index contributed by atoms with van der Waals surface area (Å²) < 4.78 is 296. The summed E-state index contributed by atoms with van der Waals surface area (Å²) in [5, 5.41) is 2.18. The van der Waals surface area contributed by atoms with Crippen molar-refractivity contribution >= 4 is 57.2 Å². The van der Waals surface area contributed by atoms with Gasteiger partial charge in [-0.05, 0) is 6.07 Å². The van der Waals surface area contributed by atoms with Gasteiger partial charge in [0.2, 0.25) is 12.3 Å². The van der Waals surface area contributed by atoms with E-state index >= 15 is 35.1 Å². The first-order valence-electron chi connectivity index (χ1n) is 17.4. The molecule has 65 heavy (non-hydrogen) atoms. The van der Waals surface area contributed by atoms with E-state index < -0.39 is 144 Å². The Balaban J connectivity index is 0.000000289. The Labute approximate surface area is 354 Å². The molecule has 0 saturated carbocycles. The molecule has 1 aromatic heterocycles. The number of rotatable bonds is 7. The minimum Gasteiger partial charge on any atom is -0.287 e. The Bertz CT molecular complexity index is 2730. The maximum atomic E-state index is 15.4. The Morgan fingerprint density at radius 3 is 0.985 bits per heavy atom. The molecule has 1 heterocycles. The van der Waals surface area contributed by atoms with Crippen LogP contribution in [0.2, 0.25) is 0 Å². The summed E-state index contributed by atoms with van der Waals surface area (Å²) in [7, 11) is 0. The lowest BCUT2D eigenvalue weighted by Crippen LogP contribution is -2.81. The van der Waals surface area contributed by atoms with Crippen LogP contribution >= 0.6 is 12.6 Å². The van der Waals surface area contributed by atoms with E-state index in [0.29, 0.717) is 6.54 Å². The van der Waals surface area contributed by atoms with Crippen molar-refractivity contribution in [1.29, 1.82) is 0 Å². The normalized spacial score (nSPS) is 11.6. The van der Waals surface area contributed by atoms with Crippen LogP contribution in [0.15, 0.2) is 71.9 Å². The fraction of sp³-hybridized carbons (Fsp3) is 0.0244. The maximum Gasteiger partial charge on any atom is 0.227 e. The van der Waals surface area contributed by atoms with Gasteiger partial charge in [0.15, 0.2) is 82.2 Å². The van der Waals surface area contributed by atoms with Gasteiger partial charge in [-0.1, -0.05) is 48.5 Å². The van der Waals surface area contributed by atoms with Crippen molar-refractivity contribution in [2.75, 3.05) is 0 Å². The van der Waals surface area contributed by atoms with Crippen molar-refractivity contribution in [3.8, 4) is 0 Å². The second-order valence-electron chi connectivity index (χ2n) is 13.5. The highest BCUT2D eigenvalue weighted by molar-refractivity contribution is 7.80. The minimum absolute atomic E-state index is 0.0959. The number of ketones is 1. The highest BCUT2D eigenvalue weighted by atomic mass is 32.1. The van der Waals surface area contributed by atoms with Gasteiger partial charge in [0.25, 0.3) is 0 Å². The Morgan fingerprint density at radius 1 is 0.385 bits per heavy atom. The number of carbonyl (C=O) groups excluding carboxylic acids is 1. The van der Waals surface area contributed by atoms with Crippen LogP contribution < -0.4 is 26.4 Å². The van der Waals surface area contributed by atoms with Gasteiger partial charge in [-0.25, -0.2) is 87.8 Å². The van der Waals surface area contributed by atoms with E-state index in [0.717, 1.165) is 21.2 Å². The smallest absolute Gasteiger partial charge is 0.227 e. The molecular formula is C41H14BF20NOS. The first-order chi connectivity index (χ1) is 30.4. The van der Waals surface area contributed by atoms with Crippen molar-refractivity contribution in [3.63, 3.8) is 0 Å². The molecule has 7 aromatic rings. The fourth-order valence-corrected chi connectivity index (χ4v) is 7.48. The highest BCUT2D eigenvalue weighted by Crippen LogP contribution is 2.31. The number of fused-ring (bicyclic) bond motifs is 1. The molecule has 0 aliphatic rings. The second kappa shape index (κ2) is 17.8. The summed E-state index contributed by atoms with van der Waals surface area (Å²) in [5.41, 5.74) is -13.6. The average molecular weight is 959 g/mol. The zero-order valence-corrected chi connectivity index (χ0v) is 31.9. The number of Topliss-reactive ketones (excluding diaryl/α,β-unsaturated/α-hetero) is 1. The summed E-state index contributed by atoms with van der Waals surface area (Å²) in [4.78, 5) is 13.1. The molecule has 0 bridgehead atoms. The summed E-state index contributed by atoms with van der Waals surface area (Å²) in [5.74, 6) is -71.3. The van der Waals surface area contributed by atoms with Gasteiger partial charge in [-0.15, -0.1) is 34.5 Å². The molecule has 0 spiro atoms. The molecule has 0 aliphatic carbocycles. The molecule has 0 fully saturated rings. The number of halogens is 20. The molecule has 24 heteroatoms. The second-order valence-corrected chi connectivity index (χ2v) is 14.0. The Hall–Kier alpha value is -6.59. The van der Waals surface area contributed by atoms with Gasteiger partial charge in [0.1, 0.15) is 52.7 Å². The van der Waals surface area contributed by atoms with Crippen molar-refractivity contribution in [2.45, 2.75) is 11.4 Å². The van der Waals surface area contributed by atoms with Crippen molar-refractivity contribution in [3.05, 3.63) is 189 Å². The van der Waals surface area contributed by atoms with Gasteiger partial charge < -0.3 is 0 Å². The lowest BCUT2D eigenvalue weighted by atomic mass is 9.12. The Morgan fingerprint density at radius 2 is 0.662 bits per heavy atom. The largest absolute Gasteiger partial charge is 0.287 e. The van der Waals surface area contributed by atoms with E-state index in [9.17, 15) is 57.5 Å². The number of hydrogen-bond donors (Lipinski definition) is 1. The van der Waals surface area contributed by atoms with Crippen LogP contribution in [0.3, 0.4) is 0 Å². The molecular weight excluding hydrogens is 945 g/mol. The zero-order chi connectivity index (χ0) is 48.3. The van der Waals surface area contributed by atoms with Crippen LogP contribution in [-0.2, 0) is 6.54 Å².